The summed E-state index contributed by atoms with van der Waals surface area (Å²) in [5.41, 5.74) is 2.14. The number of carbonyl (C=O) groups is 1. The Bertz CT molecular complexity index is 663. The Kier molecular flexibility index (Phi) is 4.73. The van der Waals surface area contributed by atoms with Crippen LogP contribution in [0.3, 0.4) is 0 Å². The molecule has 1 unspecified atom stereocenters. The van der Waals surface area contributed by atoms with E-state index in [4.69, 9.17) is 4.52 Å². The van der Waals surface area contributed by atoms with Crippen molar-refractivity contribution >= 4 is 5.91 Å². The second-order valence-corrected chi connectivity index (χ2v) is 6.24. The number of aryl methyl sites for hydroxylation is 3. The summed E-state index contributed by atoms with van der Waals surface area (Å²) in [6, 6.07) is 2.08. The van der Waals surface area contributed by atoms with E-state index >= 15 is 0 Å². The topological polar surface area (TPSA) is 87.9 Å². The van der Waals surface area contributed by atoms with Gasteiger partial charge in [-0.15, -0.1) is 0 Å². The summed E-state index contributed by atoms with van der Waals surface area (Å²) >= 11 is 0. The van der Waals surface area contributed by atoms with Gasteiger partial charge in [-0.1, -0.05) is 5.16 Å². The van der Waals surface area contributed by atoms with Gasteiger partial charge < -0.3 is 9.42 Å². The van der Waals surface area contributed by atoms with Gasteiger partial charge in [0.25, 0.3) is 0 Å². The molecule has 0 bridgehead atoms. The van der Waals surface area contributed by atoms with Gasteiger partial charge in [0.2, 0.25) is 11.8 Å². The van der Waals surface area contributed by atoms with E-state index in [1.54, 1.807) is 6.92 Å². The molecule has 1 aliphatic heterocycles. The predicted molar refractivity (Wildman–Crippen MR) is 83.9 cm³/mol. The lowest BCUT2D eigenvalue weighted by atomic mass is 9.94. The fourth-order valence-electron chi connectivity index (χ4n) is 3.08. The molecule has 3 rings (SSSR count). The smallest absolute Gasteiger partial charge is 0.226 e. The molecule has 2 aromatic heterocycles. The first kappa shape index (κ1) is 15.7. The van der Waals surface area contributed by atoms with Gasteiger partial charge in [0, 0.05) is 37.5 Å². The number of rotatable bonds is 5. The zero-order chi connectivity index (χ0) is 16.2. The second kappa shape index (κ2) is 6.93. The molecule has 23 heavy (non-hydrogen) atoms. The lowest BCUT2D eigenvalue weighted by Gasteiger charge is -2.32. The van der Waals surface area contributed by atoms with Crippen LogP contribution in [0.2, 0.25) is 0 Å². The highest BCUT2D eigenvalue weighted by Crippen LogP contribution is 2.26. The number of nitrogens with one attached hydrogen (secondary N) is 1. The standard InChI is InChI=1S/C16H23N5O2/c1-11-9-14(19-18-11)13-5-4-8-21(10-13)16(22)7-3-6-15-17-12(2)20-23-15/h9,13H,3-8,10H2,1-2H3,(H,18,19). The molecular weight excluding hydrogens is 294 g/mol. The zero-order valence-electron chi connectivity index (χ0n) is 13.7. The van der Waals surface area contributed by atoms with Crippen LogP contribution in [0.25, 0.3) is 0 Å². The maximum Gasteiger partial charge on any atom is 0.226 e. The Balaban J connectivity index is 1.48. The van der Waals surface area contributed by atoms with E-state index in [9.17, 15) is 4.79 Å². The fraction of sp³-hybridized carbons (Fsp3) is 0.625. The van der Waals surface area contributed by atoms with Crippen LogP contribution in [-0.4, -0.2) is 44.2 Å². The van der Waals surface area contributed by atoms with Crippen LogP contribution in [0.15, 0.2) is 10.6 Å². The minimum absolute atomic E-state index is 0.207. The Labute approximate surface area is 135 Å². The average molecular weight is 317 g/mol. The van der Waals surface area contributed by atoms with Crippen molar-refractivity contribution < 1.29 is 9.32 Å². The van der Waals surface area contributed by atoms with E-state index in [0.29, 0.717) is 30.5 Å². The summed E-state index contributed by atoms with van der Waals surface area (Å²) in [4.78, 5) is 18.5. The quantitative estimate of drug-likeness (QED) is 0.912. The van der Waals surface area contributed by atoms with Crippen LogP contribution in [-0.2, 0) is 11.2 Å². The Morgan fingerprint density at radius 2 is 2.35 bits per heavy atom. The monoisotopic (exact) mass is 317 g/mol. The highest BCUT2D eigenvalue weighted by Gasteiger charge is 2.25. The molecule has 0 radical (unpaired) electrons. The average Bonchev–Trinajstić information content (AvgIpc) is 3.16. The molecule has 7 nitrogen and oxygen atoms in total. The summed E-state index contributed by atoms with van der Waals surface area (Å²) in [7, 11) is 0. The lowest BCUT2D eigenvalue weighted by Crippen LogP contribution is -2.39. The van der Waals surface area contributed by atoms with Crippen LogP contribution in [0, 0.1) is 13.8 Å². The van der Waals surface area contributed by atoms with E-state index in [1.165, 1.54) is 0 Å². The maximum atomic E-state index is 12.4. The van der Waals surface area contributed by atoms with Gasteiger partial charge in [-0.3, -0.25) is 9.89 Å². The first-order valence-corrected chi connectivity index (χ1v) is 8.20. The van der Waals surface area contributed by atoms with Crippen molar-refractivity contribution in [2.24, 2.45) is 0 Å². The number of nitrogens with zero attached hydrogens (tertiary/aromatic N) is 4. The zero-order valence-corrected chi connectivity index (χ0v) is 13.7. The Morgan fingerprint density at radius 1 is 1.48 bits per heavy atom. The van der Waals surface area contributed by atoms with E-state index in [-0.39, 0.29) is 5.91 Å². The van der Waals surface area contributed by atoms with Gasteiger partial charge >= 0.3 is 0 Å². The molecule has 1 fully saturated rings. The number of hydrogen-bond acceptors (Lipinski definition) is 5. The van der Waals surface area contributed by atoms with E-state index in [0.717, 1.165) is 43.7 Å². The summed E-state index contributed by atoms with van der Waals surface area (Å²) in [6.07, 6.45) is 4.04. The fourth-order valence-corrected chi connectivity index (χ4v) is 3.08. The molecule has 3 heterocycles. The van der Waals surface area contributed by atoms with Crippen molar-refractivity contribution in [3.63, 3.8) is 0 Å². The summed E-state index contributed by atoms with van der Waals surface area (Å²) in [5.74, 6) is 1.80. The Hall–Kier alpha value is -2.18. The van der Waals surface area contributed by atoms with Crippen LogP contribution in [0.1, 0.15) is 54.7 Å². The van der Waals surface area contributed by atoms with Gasteiger partial charge in [0.1, 0.15) is 0 Å². The molecular formula is C16H23N5O2. The van der Waals surface area contributed by atoms with Crippen molar-refractivity contribution in [3.05, 3.63) is 29.2 Å². The van der Waals surface area contributed by atoms with Crippen LogP contribution in [0.5, 0.6) is 0 Å². The third kappa shape index (κ3) is 3.97. The summed E-state index contributed by atoms with van der Waals surface area (Å²) < 4.78 is 5.07. The molecule has 1 saturated heterocycles. The van der Waals surface area contributed by atoms with Gasteiger partial charge in [-0.25, -0.2) is 0 Å². The minimum atomic E-state index is 0.207. The third-order valence-electron chi connectivity index (χ3n) is 4.27. The first-order chi connectivity index (χ1) is 11.1. The molecule has 1 amide bonds. The molecule has 0 spiro atoms. The number of likely N-dealkylation sites (tertiary alicyclic amines) is 1. The molecule has 1 atom stereocenters. The van der Waals surface area contributed by atoms with Gasteiger partial charge in [0.05, 0.1) is 5.69 Å². The number of piperidine rings is 1. The van der Waals surface area contributed by atoms with Crippen LogP contribution >= 0.6 is 0 Å². The molecule has 7 heteroatoms. The number of H-pyrrole nitrogens is 1. The lowest BCUT2D eigenvalue weighted by molar-refractivity contribution is -0.132. The highest BCUT2D eigenvalue weighted by molar-refractivity contribution is 5.76. The van der Waals surface area contributed by atoms with E-state index < -0.39 is 0 Å². The molecule has 0 aliphatic carbocycles. The predicted octanol–water partition coefficient (Wildman–Crippen LogP) is 2.14. The van der Waals surface area contributed by atoms with Crippen LogP contribution < -0.4 is 0 Å². The van der Waals surface area contributed by atoms with Gasteiger partial charge in [-0.2, -0.15) is 10.1 Å². The van der Waals surface area contributed by atoms with Crippen molar-refractivity contribution in [1.82, 2.24) is 25.2 Å². The maximum absolute atomic E-state index is 12.4. The van der Waals surface area contributed by atoms with Crippen molar-refractivity contribution in [3.8, 4) is 0 Å². The van der Waals surface area contributed by atoms with E-state index in [1.807, 2.05) is 11.8 Å². The largest absolute Gasteiger partial charge is 0.342 e. The molecule has 1 N–H and O–H groups in total. The van der Waals surface area contributed by atoms with Crippen molar-refractivity contribution in [1.29, 1.82) is 0 Å². The second-order valence-electron chi connectivity index (χ2n) is 6.24. The van der Waals surface area contributed by atoms with Crippen molar-refractivity contribution in [2.75, 3.05) is 13.1 Å². The van der Waals surface area contributed by atoms with Crippen molar-refractivity contribution in [2.45, 2.75) is 51.9 Å². The summed E-state index contributed by atoms with van der Waals surface area (Å²) in [6.45, 7) is 5.41. The minimum Gasteiger partial charge on any atom is -0.342 e. The third-order valence-corrected chi connectivity index (χ3v) is 4.27. The number of aromatic amines is 1. The number of carbonyl (C=O) groups excluding carboxylic acids is 1. The number of hydrogen-bond donors (Lipinski definition) is 1. The summed E-state index contributed by atoms with van der Waals surface area (Å²) in [5, 5.41) is 11.1. The van der Waals surface area contributed by atoms with Gasteiger partial charge in [0.15, 0.2) is 5.82 Å². The molecule has 0 saturated carbocycles. The van der Waals surface area contributed by atoms with Crippen LogP contribution in [0.4, 0.5) is 0 Å². The normalized spacial score (nSPS) is 18.3. The molecule has 124 valence electrons. The first-order valence-electron chi connectivity index (χ1n) is 8.20. The van der Waals surface area contributed by atoms with Gasteiger partial charge in [-0.05, 0) is 39.2 Å². The highest BCUT2D eigenvalue weighted by atomic mass is 16.5. The number of amides is 1. The SMILES string of the molecule is Cc1noc(CCCC(=O)N2CCCC(c3cc(C)[nH]n3)C2)n1. The Morgan fingerprint density at radius 3 is 3.04 bits per heavy atom. The molecule has 1 aliphatic rings. The number of aromatic nitrogens is 4. The molecule has 0 aromatic carbocycles. The molecule has 2 aromatic rings. The van der Waals surface area contributed by atoms with E-state index in [2.05, 4.69) is 26.4 Å².